The Morgan fingerprint density at radius 1 is 1.22 bits per heavy atom. The summed E-state index contributed by atoms with van der Waals surface area (Å²) in [5.74, 6) is -1.57. The molecule has 8 heteroatoms. The van der Waals surface area contributed by atoms with Crippen molar-refractivity contribution in [2.45, 2.75) is 38.2 Å². The average molecular weight is 345 g/mol. The fourth-order valence-corrected chi connectivity index (χ4v) is 2.14. The first-order valence-electron chi connectivity index (χ1n) is 6.97. The van der Waals surface area contributed by atoms with Gasteiger partial charge in [-0.15, -0.1) is 0 Å². The molecule has 128 valence electrons. The van der Waals surface area contributed by atoms with Crippen LogP contribution in [0, 0.1) is 0 Å². The number of ether oxygens (including phenoxy) is 3. The molecule has 1 aromatic rings. The zero-order chi connectivity index (χ0) is 17.7. The predicted octanol–water partition coefficient (Wildman–Crippen LogP) is 1.92. The first kappa shape index (κ1) is 19.3. The fourth-order valence-electron chi connectivity index (χ4n) is 1.99. The molecule has 0 aliphatic carbocycles. The third-order valence-electron chi connectivity index (χ3n) is 3.03. The summed E-state index contributed by atoms with van der Waals surface area (Å²) in [6.45, 7) is 5.23. The first-order valence-corrected chi connectivity index (χ1v) is 7.35. The molecule has 1 unspecified atom stereocenters. The van der Waals surface area contributed by atoms with E-state index < -0.39 is 23.0 Å². The molecule has 0 fully saturated rings. The Labute approximate surface area is 140 Å². The minimum Gasteiger partial charge on any atom is -0.468 e. The summed E-state index contributed by atoms with van der Waals surface area (Å²) in [6, 6.07) is 1.43. The maximum atomic E-state index is 12.8. The van der Waals surface area contributed by atoms with Gasteiger partial charge in [-0.3, -0.25) is 9.59 Å². The molecular weight excluding hydrogens is 324 g/mol. The van der Waals surface area contributed by atoms with E-state index in [1.807, 2.05) is 0 Å². The maximum absolute atomic E-state index is 12.8. The largest absolute Gasteiger partial charge is 0.468 e. The molecule has 0 saturated heterocycles. The van der Waals surface area contributed by atoms with Crippen LogP contribution in [0.25, 0.3) is 0 Å². The van der Waals surface area contributed by atoms with Crippen LogP contribution in [0.3, 0.4) is 0 Å². The van der Waals surface area contributed by atoms with Crippen molar-refractivity contribution in [2.24, 2.45) is 0 Å². The number of methoxy groups -OCH3 is 2. The van der Waals surface area contributed by atoms with Crippen LogP contribution in [-0.2, 0) is 29.2 Å². The topological polar surface area (TPSA) is 87.6 Å². The summed E-state index contributed by atoms with van der Waals surface area (Å²) in [7, 11) is 2.65. The monoisotopic (exact) mass is 344 g/mol. The Morgan fingerprint density at radius 3 is 2.35 bits per heavy atom. The third-order valence-corrected chi connectivity index (χ3v) is 3.21. The van der Waals surface area contributed by atoms with Gasteiger partial charge in [0.05, 0.1) is 12.8 Å². The molecule has 1 rings (SSSR count). The summed E-state index contributed by atoms with van der Waals surface area (Å²) < 4.78 is 15.3. The summed E-state index contributed by atoms with van der Waals surface area (Å²) in [5, 5.41) is -0.0863. The zero-order valence-corrected chi connectivity index (χ0v) is 14.6. The van der Waals surface area contributed by atoms with E-state index in [0.29, 0.717) is 0 Å². The van der Waals surface area contributed by atoms with Crippen molar-refractivity contribution < 1.29 is 23.8 Å². The highest BCUT2D eigenvalue weighted by Gasteiger charge is 2.52. The summed E-state index contributed by atoms with van der Waals surface area (Å²) in [6.07, 6.45) is 1.36. The van der Waals surface area contributed by atoms with Crippen molar-refractivity contribution in [1.82, 2.24) is 9.97 Å². The van der Waals surface area contributed by atoms with Crippen LogP contribution < -0.4 is 0 Å². The average Bonchev–Trinajstić information content (AvgIpc) is 2.46. The number of hydrogen-bond acceptors (Lipinski definition) is 7. The highest BCUT2D eigenvalue weighted by molar-refractivity contribution is 6.28. The molecule has 0 bridgehead atoms. The standard InChI is InChI=1S/C15H21ClN2O5/c1-14(2,3)23-12(20)15(7-9-21-4,11(19)22-5)10-6-8-17-13(16)18-10/h6,8H,7,9H2,1-5H3. The first-order chi connectivity index (χ1) is 10.7. The van der Waals surface area contributed by atoms with Crippen molar-refractivity contribution in [3.63, 3.8) is 0 Å². The number of hydrogen-bond donors (Lipinski definition) is 0. The quantitative estimate of drug-likeness (QED) is 0.442. The molecule has 0 spiro atoms. The zero-order valence-electron chi connectivity index (χ0n) is 13.9. The lowest BCUT2D eigenvalue weighted by molar-refractivity contribution is -0.172. The van der Waals surface area contributed by atoms with E-state index in [1.165, 1.54) is 26.5 Å². The van der Waals surface area contributed by atoms with Gasteiger partial charge in [-0.2, -0.15) is 0 Å². The lowest BCUT2D eigenvalue weighted by Crippen LogP contribution is -2.49. The second kappa shape index (κ2) is 7.70. The number of esters is 2. The molecule has 1 heterocycles. The van der Waals surface area contributed by atoms with Gasteiger partial charge in [-0.1, -0.05) is 0 Å². The van der Waals surface area contributed by atoms with Crippen LogP contribution in [0.4, 0.5) is 0 Å². The van der Waals surface area contributed by atoms with Gasteiger partial charge in [0.2, 0.25) is 10.7 Å². The van der Waals surface area contributed by atoms with Crippen LogP contribution >= 0.6 is 11.6 Å². The summed E-state index contributed by atoms with van der Waals surface area (Å²) in [5.41, 5.74) is -2.46. The van der Waals surface area contributed by atoms with E-state index in [0.717, 1.165) is 0 Å². The molecule has 0 radical (unpaired) electrons. The highest BCUT2D eigenvalue weighted by atomic mass is 35.5. The van der Waals surface area contributed by atoms with Crippen molar-refractivity contribution in [2.75, 3.05) is 20.8 Å². The normalized spacial score (nSPS) is 14.0. The lowest BCUT2D eigenvalue weighted by atomic mass is 9.80. The SMILES string of the molecule is COCCC(C(=O)OC)(C(=O)OC(C)(C)C)c1ccnc(Cl)n1. The van der Waals surface area contributed by atoms with Crippen LogP contribution in [0.1, 0.15) is 32.9 Å². The Balaban J connectivity index is 3.47. The highest BCUT2D eigenvalue weighted by Crippen LogP contribution is 2.32. The van der Waals surface area contributed by atoms with Crippen molar-refractivity contribution >= 4 is 23.5 Å². The molecule has 1 atom stereocenters. The molecule has 0 aromatic carbocycles. The third kappa shape index (κ3) is 4.62. The summed E-state index contributed by atoms with van der Waals surface area (Å²) >= 11 is 5.81. The summed E-state index contributed by atoms with van der Waals surface area (Å²) in [4.78, 5) is 33.1. The van der Waals surface area contributed by atoms with Gasteiger partial charge in [0.15, 0.2) is 0 Å². The van der Waals surface area contributed by atoms with Crippen LogP contribution in [-0.4, -0.2) is 48.3 Å². The second-order valence-corrected chi connectivity index (χ2v) is 6.19. The number of nitrogens with zero attached hydrogens (tertiary/aromatic N) is 2. The number of carbonyl (C=O) groups excluding carboxylic acids is 2. The smallest absolute Gasteiger partial charge is 0.330 e. The Hall–Kier alpha value is -1.73. The van der Waals surface area contributed by atoms with Gasteiger partial charge in [0, 0.05) is 26.3 Å². The molecule has 0 saturated carbocycles. The van der Waals surface area contributed by atoms with Gasteiger partial charge in [0.1, 0.15) is 5.60 Å². The number of aromatic nitrogens is 2. The van der Waals surface area contributed by atoms with E-state index in [2.05, 4.69) is 9.97 Å². The van der Waals surface area contributed by atoms with E-state index in [4.69, 9.17) is 25.8 Å². The molecule has 1 aromatic heterocycles. The molecule has 23 heavy (non-hydrogen) atoms. The Bertz CT molecular complexity index is 573. The molecule has 0 N–H and O–H groups in total. The second-order valence-electron chi connectivity index (χ2n) is 5.85. The van der Waals surface area contributed by atoms with Crippen molar-refractivity contribution in [3.8, 4) is 0 Å². The van der Waals surface area contributed by atoms with Crippen molar-refractivity contribution in [3.05, 3.63) is 23.2 Å². The van der Waals surface area contributed by atoms with E-state index in [9.17, 15) is 9.59 Å². The van der Waals surface area contributed by atoms with Crippen LogP contribution in [0.2, 0.25) is 5.28 Å². The van der Waals surface area contributed by atoms with E-state index >= 15 is 0 Å². The predicted molar refractivity (Wildman–Crippen MR) is 83.1 cm³/mol. The molecular formula is C15H21ClN2O5. The molecule has 0 aliphatic heterocycles. The lowest BCUT2D eigenvalue weighted by Gasteiger charge is -2.31. The van der Waals surface area contributed by atoms with E-state index in [-0.39, 0.29) is 24.0 Å². The molecule has 7 nitrogen and oxygen atoms in total. The van der Waals surface area contributed by atoms with Gasteiger partial charge in [-0.05, 0) is 38.4 Å². The van der Waals surface area contributed by atoms with Gasteiger partial charge >= 0.3 is 11.9 Å². The minimum atomic E-state index is -1.77. The molecule has 0 aliphatic rings. The Kier molecular flexibility index (Phi) is 6.47. The van der Waals surface area contributed by atoms with Crippen molar-refractivity contribution in [1.29, 1.82) is 0 Å². The van der Waals surface area contributed by atoms with Crippen LogP contribution in [0.15, 0.2) is 12.3 Å². The van der Waals surface area contributed by atoms with E-state index in [1.54, 1.807) is 20.8 Å². The maximum Gasteiger partial charge on any atom is 0.330 e. The number of rotatable bonds is 6. The minimum absolute atomic E-state index is 0.00156. The fraction of sp³-hybridized carbons (Fsp3) is 0.600. The van der Waals surface area contributed by atoms with Crippen LogP contribution in [0.5, 0.6) is 0 Å². The number of carbonyl (C=O) groups is 2. The van der Waals surface area contributed by atoms with Gasteiger partial charge in [0.25, 0.3) is 0 Å². The van der Waals surface area contributed by atoms with Gasteiger partial charge < -0.3 is 14.2 Å². The number of halogens is 1. The molecule has 0 amide bonds. The Morgan fingerprint density at radius 2 is 1.87 bits per heavy atom. The van der Waals surface area contributed by atoms with Gasteiger partial charge in [-0.25, -0.2) is 9.97 Å².